The minimum Gasteiger partial charge on any atom is -0.457 e. The van der Waals surface area contributed by atoms with Gasteiger partial charge in [-0.2, -0.15) is 26.3 Å². The summed E-state index contributed by atoms with van der Waals surface area (Å²) in [4.78, 5) is 24.6. The van der Waals surface area contributed by atoms with Gasteiger partial charge in [0.15, 0.2) is 24.7 Å². The summed E-state index contributed by atoms with van der Waals surface area (Å²) in [5.41, 5.74) is -3.32. The average Bonchev–Trinajstić information content (AvgIpc) is 3.89. The molecule has 0 radical (unpaired) electrons. The number of carbonyl (C=O) groups is 2. The fraction of sp³-hybridized carbons (Fsp3) is 0.412. The van der Waals surface area contributed by atoms with Crippen LogP contribution in [0.3, 0.4) is 0 Å². The van der Waals surface area contributed by atoms with Crippen LogP contribution >= 0.6 is 0 Å². The van der Waals surface area contributed by atoms with Crippen LogP contribution < -0.4 is 0 Å². The van der Waals surface area contributed by atoms with Gasteiger partial charge in [-0.15, -0.1) is 0 Å². The zero-order valence-corrected chi connectivity index (χ0v) is 25.5. The molecule has 2 aromatic carbocycles. The van der Waals surface area contributed by atoms with E-state index in [2.05, 4.69) is 10.3 Å². The molecule has 2 aromatic heterocycles. The van der Waals surface area contributed by atoms with Crippen LogP contribution in [0.1, 0.15) is 74.0 Å². The molecule has 2 heterocycles. The Labute approximate surface area is 270 Å². The van der Waals surface area contributed by atoms with Crippen molar-refractivity contribution < 1.29 is 54.5 Å². The molecule has 0 bridgehead atoms. The van der Waals surface area contributed by atoms with Crippen LogP contribution in [0.25, 0.3) is 33.6 Å². The fourth-order valence-electron chi connectivity index (χ4n) is 6.21. The lowest BCUT2D eigenvalue weighted by molar-refractivity contribution is -0.151. The summed E-state index contributed by atoms with van der Waals surface area (Å²) < 4.78 is 106. The quantitative estimate of drug-likeness (QED) is 0.128. The molecule has 2 aliphatic rings. The molecule has 2 aliphatic carbocycles. The first kappa shape index (κ1) is 33.3. The number of benzene rings is 2. The number of hydrogen-bond donors (Lipinski definition) is 0. The van der Waals surface area contributed by atoms with Gasteiger partial charge >= 0.3 is 24.3 Å². The van der Waals surface area contributed by atoms with Crippen molar-refractivity contribution in [2.45, 2.75) is 76.9 Å². The number of hydrogen-bond acceptors (Lipinski definition) is 8. The van der Waals surface area contributed by atoms with E-state index in [-0.39, 0.29) is 65.1 Å². The molecule has 0 N–H and O–H groups in total. The van der Waals surface area contributed by atoms with Gasteiger partial charge in [0.2, 0.25) is 0 Å². The smallest absolute Gasteiger partial charge is 0.417 e. The second-order valence-electron chi connectivity index (χ2n) is 12.1. The number of ether oxygens (including phenoxy) is 2. The zero-order chi connectivity index (χ0) is 34.1. The summed E-state index contributed by atoms with van der Waals surface area (Å²) in [5.74, 6) is -0.997. The summed E-state index contributed by atoms with van der Waals surface area (Å²) in [6.07, 6.45) is -3.25. The van der Waals surface area contributed by atoms with Gasteiger partial charge in [0, 0.05) is 23.3 Å². The van der Waals surface area contributed by atoms with Crippen LogP contribution in [0.4, 0.5) is 26.3 Å². The number of alkyl halides is 6. The Hall–Kier alpha value is -4.62. The highest BCUT2D eigenvalue weighted by molar-refractivity contribution is 5.86. The van der Waals surface area contributed by atoms with Crippen molar-refractivity contribution >= 4 is 11.9 Å². The SMILES string of the molecule is O=C(OCc1cc(-c2ccc(C(F)(F)F)c(-c3cc(C(F)(F)F)ccc3-c3cc(COC(=O)C4CCCC4)on3)c2)no1)C1CCCC1. The second kappa shape index (κ2) is 13.5. The molecule has 8 nitrogen and oxygen atoms in total. The van der Waals surface area contributed by atoms with E-state index in [1.54, 1.807) is 0 Å². The van der Waals surface area contributed by atoms with Gasteiger partial charge in [0.25, 0.3) is 0 Å². The third kappa shape index (κ3) is 7.42. The molecule has 0 aliphatic heterocycles. The van der Waals surface area contributed by atoms with E-state index in [9.17, 15) is 35.9 Å². The Kier molecular flexibility index (Phi) is 9.35. The third-order valence-corrected chi connectivity index (χ3v) is 8.74. The van der Waals surface area contributed by atoms with Crippen molar-refractivity contribution in [2.24, 2.45) is 11.8 Å². The number of nitrogens with zero attached hydrogens (tertiary/aromatic N) is 2. The first-order valence-corrected chi connectivity index (χ1v) is 15.5. The molecule has 48 heavy (non-hydrogen) atoms. The summed E-state index contributed by atoms with van der Waals surface area (Å²) >= 11 is 0. The highest BCUT2D eigenvalue weighted by atomic mass is 19.4. The molecule has 0 unspecified atom stereocenters. The van der Waals surface area contributed by atoms with E-state index in [1.807, 2.05) is 0 Å². The molecular formula is C34H30F6N2O6. The molecule has 0 spiro atoms. The monoisotopic (exact) mass is 676 g/mol. The summed E-state index contributed by atoms with van der Waals surface area (Å²) in [7, 11) is 0. The minimum absolute atomic E-state index is 0.0584. The van der Waals surface area contributed by atoms with E-state index < -0.39 is 40.6 Å². The Balaban J connectivity index is 1.33. The van der Waals surface area contributed by atoms with Gasteiger partial charge in [-0.05, 0) is 61.1 Å². The lowest BCUT2D eigenvalue weighted by Crippen LogP contribution is -2.14. The van der Waals surface area contributed by atoms with Crippen LogP contribution in [0.5, 0.6) is 0 Å². The topological polar surface area (TPSA) is 105 Å². The normalized spacial score (nSPS) is 16.0. The molecule has 4 aromatic rings. The molecule has 0 amide bonds. The number of rotatable bonds is 9. The highest BCUT2D eigenvalue weighted by Gasteiger charge is 2.37. The van der Waals surface area contributed by atoms with Crippen molar-refractivity contribution in [3.63, 3.8) is 0 Å². The Morgan fingerprint density at radius 3 is 1.73 bits per heavy atom. The lowest BCUT2D eigenvalue weighted by Gasteiger charge is -2.18. The molecule has 6 rings (SSSR count). The molecule has 2 fully saturated rings. The van der Waals surface area contributed by atoms with Gasteiger partial charge in [-0.25, -0.2) is 0 Å². The summed E-state index contributed by atoms with van der Waals surface area (Å²) in [6, 6.07) is 8.01. The first-order valence-electron chi connectivity index (χ1n) is 15.5. The highest BCUT2D eigenvalue weighted by Crippen LogP contribution is 2.44. The predicted octanol–water partition coefficient (Wildman–Crippen LogP) is 9.17. The van der Waals surface area contributed by atoms with Crippen molar-refractivity contribution in [2.75, 3.05) is 0 Å². The Morgan fingerprint density at radius 2 is 1.19 bits per heavy atom. The van der Waals surface area contributed by atoms with Crippen LogP contribution in [-0.4, -0.2) is 22.3 Å². The molecule has 0 saturated heterocycles. The van der Waals surface area contributed by atoms with E-state index in [0.29, 0.717) is 18.9 Å². The van der Waals surface area contributed by atoms with Crippen molar-refractivity contribution in [1.82, 2.24) is 10.3 Å². The van der Waals surface area contributed by atoms with E-state index >= 15 is 0 Å². The van der Waals surface area contributed by atoms with Crippen LogP contribution in [0.2, 0.25) is 0 Å². The van der Waals surface area contributed by atoms with Crippen LogP contribution in [0.15, 0.2) is 57.6 Å². The number of aromatic nitrogens is 2. The number of esters is 2. The van der Waals surface area contributed by atoms with Gasteiger partial charge in [-0.1, -0.05) is 48.1 Å². The van der Waals surface area contributed by atoms with Gasteiger partial charge < -0.3 is 18.5 Å². The first-order chi connectivity index (χ1) is 22.9. The second-order valence-corrected chi connectivity index (χ2v) is 12.1. The molecule has 254 valence electrons. The van der Waals surface area contributed by atoms with Crippen molar-refractivity contribution in [1.29, 1.82) is 0 Å². The van der Waals surface area contributed by atoms with E-state index in [4.69, 9.17) is 18.5 Å². The average molecular weight is 677 g/mol. The number of carbonyl (C=O) groups excluding carboxylic acids is 2. The van der Waals surface area contributed by atoms with Crippen molar-refractivity contribution in [3.05, 3.63) is 71.2 Å². The Morgan fingerprint density at radius 1 is 0.646 bits per heavy atom. The summed E-state index contributed by atoms with van der Waals surface area (Å²) in [6.45, 7) is -0.538. The third-order valence-electron chi connectivity index (χ3n) is 8.74. The largest absolute Gasteiger partial charge is 0.457 e. The summed E-state index contributed by atoms with van der Waals surface area (Å²) in [5, 5.41) is 7.78. The maximum absolute atomic E-state index is 14.4. The van der Waals surface area contributed by atoms with Crippen LogP contribution in [-0.2, 0) is 44.6 Å². The van der Waals surface area contributed by atoms with E-state index in [1.165, 1.54) is 12.1 Å². The standard InChI is InChI=1S/C34H30F6N2O6/c35-33(36,37)22-10-11-25(30-16-24(48-42-30)18-46-32(44)20-7-3-4-8-20)26(14-22)27-13-21(9-12-28(27)34(38,39)40)29-15-23(47-41-29)17-45-31(43)19-5-1-2-6-19/h9-16,19-20H,1-8,17-18H2. The van der Waals surface area contributed by atoms with Crippen LogP contribution in [0, 0.1) is 11.8 Å². The molecule has 2 saturated carbocycles. The van der Waals surface area contributed by atoms with Crippen molar-refractivity contribution in [3.8, 4) is 33.6 Å². The lowest BCUT2D eigenvalue weighted by atomic mass is 9.90. The van der Waals surface area contributed by atoms with Gasteiger partial charge in [0.1, 0.15) is 11.4 Å². The zero-order valence-electron chi connectivity index (χ0n) is 25.5. The predicted molar refractivity (Wildman–Crippen MR) is 156 cm³/mol. The molecule has 0 atom stereocenters. The molecule has 14 heteroatoms. The van der Waals surface area contributed by atoms with Gasteiger partial charge in [0.05, 0.1) is 23.0 Å². The number of halogens is 6. The Bertz CT molecular complexity index is 1780. The van der Waals surface area contributed by atoms with Gasteiger partial charge in [-0.3, -0.25) is 9.59 Å². The minimum atomic E-state index is -4.95. The van der Waals surface area contributed by atoms with E-state index in [0.717, 1.165) is 68.9 Å². The fourth-order valence-corrected chi connectivity index (χ4v) is 6.21. The molecular weight excluding hydrogens is 646 g/mol. The maximum Gasteiger partial charge on any atom is 0.417 e. The maximum atomic E-state index is 14.4.